The molecule has 0 radical (unpaired) electrons. The summed E-state index contributed by atoms with van der Waals surface area (Å²) in [7, 11) is 0. The Morgan fingerprint density at radius 2 is 2.09 bits per heavy atom. The minimum absolute atomic E-state index is 0.134. The summed E-state index contributed by atoms with van der Waals surface area (Å²) in [4.78, 5) is 15.9. The van der Waals surface area contributed by atoms with Crippen LogP contribution in [0, 0.1) is 6.92 Å². The molecule has 1 aromatic heterocycles. The lowest BCUT2D eigenvalue weighted by Gasteiger charge is -2.24. The maximum Gasteiger partial charge on any atom is 0.224 e. The minimum Gasteiger partial charge on any atom is -0.326 e. The van der Waals surface area contributed by atoms with Gasteiger partial charge in [-0.2, -0.15) is 0 Å². The zero-order valence-corrected chi connectivity index (χ0v) is 14.8. The number of halogens is 1. The SMILES string of the molecule is Cc1ccsc1CCC(=O)N1CCSC1c1ccc(Cl)cc1. The summed E-state index contributed by atoms with van der Waals surface area (Å²) in [6.07, 6.45) is 1.43. The third kappa shape index (κ3) is 3.50. The molecule has 2 nitrogen and oxygen atoms in total. The summed E-state index contributed by atoms with van der Waals surface area (Å²) in [6.45, 7) is 2.94. The van der Waals surface area contributed by atoms with Crippen molar-refractivity contribution in [3.63, 3.8) is 0 Å². The lowest BCUT2D eigenvalue weighted by Crippen LogP contribution is -2.30. The van der Waals surface area contributed by atoms with E-state index in [4.69, 9.17) is 11.6 Å². The van der Waals surface area contributed by atoms with Gasteiger partial charge in [0.2, 0.25) is 5.91 Å². The number of aryl methyl sites for hydroxylation is 2. The Morgan fingerprint density at radius 1 is 1.32 bits per heavy atom. The molecule has 1 amide bonds. The second-order valence-corrected chi connectivity index (χ2v) is 8.01. The normalized spacial score (nSPS) is 17.9. The van der Waals surface area contributed by atoms with Crippen LogP contribution in [-0.4, -0.2) is 23.1 Å². The molecule has 0 saturated carbocycles. The molecule has 2 aromatic rings. The van der Waals surface area contributed by atoms with Crippen LogP contribution in [0.25, 0.3) is 0 Å². The fourth-order valence-electron chi connectivity index (χ4n) is 2.65. The highest BCUT2D eigenvalue weighted by Gasteiger charge is 2.30. The van der Waals surface area contributed by atoms with Crippen molar-refractivity contribution in [1.29, 1.82) is 0 Å². The quantitative estimate of drug-likeness (QED) is 0.779. The molecule has 3 rings (SSSR count). The fraction of sp³-hybridized carbons (Fsp3) is 0.353. The molecule has 22 heavy (non-hydrogen) atoms. The van der Waals surface area contributed by atoms with Gasteiger partial charge < -0.3 is 4.90 Å². The monoisotopic (exact) mass is 351 g/mol. The Morgan fingerprint density at radius 3 is 2.77 bits per heavy atom. The van der Waals surface area contributed by atoms with E-state index in [2.05, 4.69) is 18.4 Å². The second-order valence-electron chi connectivity index (χ2n) is 5.39. The summed E-state index contributed by atoms with van der Waals surface area (Å²) < 4.78 is 0. The predicted octanol–water partition coefficient (Wildman–Crippen LogP) is 4.92. The van der Waals surface area contributed by atoms with Crippen LogP contribution in [0.1, 0.15) is 27.8 Å². The number of rotatable bonds is 4. The van der Waals surface area contributed by atoms with E-state index in [0.717, 1.165) is 29.3 Å². The van der Waals surface area contributed by atoms with Crippen molar-refractivity contribution in [2.75, 3.05) is 12.3 Å². The molecule has 0 spiro atoms. The second kappa shape index (κ2) is 7.07. The Kier molecular flexibility index (Phi) is 5.11. The first-order chi connectivity index (χ1) is 10.6. The summed E-state index contributed by atoms with van der Waals surface area (Å²) in [5, 5.41) is 2.96. The molecule has 1 saturated heterocycles. The number of thiophene rings is 1. The van der Waals surface area contributed by atoms with Crippen molar-refractivity contribution < 1.29 is 4.79 Å². The number of thioether (sulfide) groups is 1. The smallest absolute Gasteiger partial charge is 0.224 e. The molecule has 0 bridgehead atoms. The van der Waals surface area contributed by atoms with E-state index in [9.17, 15) is 4.79 Å². The van der Waals surface area contributed by atoms with Gasteiger partial charge in [-0.1, -0.05) is 23.7 Å². The first-order valence-electron chi connectivity index (χ1n) is 7.34. The molecule has 1 unspecified atom stereocenters. The van der Waals surface area contributed by atoms with Gasteiger partial charge in [0.1, 0.15) is 5.37 Å². The minimum atomic E-state index is 0.134. The molecule has 0 aliphatic carbocycles. The van der Waals surface area contributed by atoms with Crippen LogP contribution in [-0.2, 0) is 11.2 Å². The van der Waals surface area contributed by atoms with Crippen LogP contribution in [0.3, 0.4) is 0 Å². The zero-order chi connectivity index (χ0) is 15.5. The maximum absolute atomic E-state index is 12.6. The lowest BCUT2D eigenvalue weighted by atomic mass is 10.1. The topological polar surface area (TPSA) is 20.3 Å². The van der Waals surface area contributed by atoms with Crippen LogP contribution < -0.4 is 0 Å². The standard InChI is InChI=1S/C17H18ClNOS2/c1-12-8-10-21-15(12)6-7-16(20)19-9-11-22-17(19)13-2-4-14(18)5-3-13/h2-5,8,10,17H,6-7,9,11H2,1H3. The van der Waals surface area contributed by atoms with Crippen LogP contribution in [0.15, 0.2) is 35.7 Å². The largest absolute Gasteiger partial charge is 0.326 e. The number of amides is 1. The summed E-state index contributed by atoms with van der Waals surface area (Å²) in [5.41, 5.74) is 2.45. The number of hydrogen-bond acceptors (Lipinski definition) is 3. The highest BCUT2D eigenvalue weighted by atomic mass is 35.5. The molecular formula is C17H18ClNOS2. The fourth-order valence-corrected chi connectivity index (χ4v) is 4.97. The van der Waals surface area contributed by atoms with Crippen molar-refractivity contribution >= 4 is 40.6 Å². The average molecular weight is 352 g/mol. The number of nitrogens with zero attached hydrogens (tertiary/aromatic N) is 1. The van der Waals surface area contributed by atoms with Gasteiger partial charge in [0.15, 0.2) is 0 Å². The molecule has 1 atom stereocenters. The molecule has 1 aromatic carbocycles. The summed E-state index contributed by atoms with van der Waals surface area (Å²) in [6, 6.07) is 9.96. The van der Waals surface area contributed by atoms with E-state index in [1.54, 1.807) is 11.3 Å². The van der Waals surface area contributed by atoms with Gasteiger partial charge in [-0.15, -0.1) is 23.1 Å². The van der Waals surface area contributed by atoms with Crippen molar-refractivity contribution in [3.05, 3.63) is 56.7 Å². The number of carbonyl (C=O) groups excluding carboxylic acids is 1. The van der Waals surface area contributed by atoms with E-state index in [0.29, 0.717) is 6.42 Å². The van der Waals surface area contributed by atoms with Gasteiger partial charge in [-0.3, -0.25) is 4.79 Å². The van der Waals surface area contributed by atoms with Gasteiger partial charge in [-0.25, -0.2) is 0 Å². The van der Waals surface area contributed by atoms with E-state index in [-0.39, 0.29) is 11.3 Å². The van der Waals surface area contributed by atoms with Crippen LogP contribution in [0.2, 0.25) is 5.02 Å². The molecule has 5 heteroatoms. The van der Waals surface area contributed by atoms with Crippen molar-refractivity contribution in [1.82, 2.24) is 4.90 Å². The first kappa shape index (κ1) is 15.9. The van der Waals surface area contributed by atoms with E-state index in [1.807, 2.05) is 40.9 Å². The van der Waals surface area contributed by atoms with Gasteiger partial charge in [0.25, 0.3) is 0 Å². The Bertz CT molecular complexity index is 653. The van der Waals surface area contributed by atoms with Crippen LogP contribution in [0.5, 0.6) is 0 Å². The number of benzene rings is 1. The van der Waals surface area contributed by atoms with E-state index in [1.165, 1.54) is 10.4 Å². The Hall–Kier alpha value is -0.970. The van der Waals surface area contributed by atoms with Crippen LogP contribution in [0.4, 0.5) is 0 Å². The van der Waals surface area contributed by atoms with Gasteiger partial charge >= 0.3 is 0 Å². The van der Waals surface area contributed by atoms with Crippen molar-refractivity contribution in [3.8, 4) is 0 Å². The molecule has 2 heterocycles. The predicted molar refractivity (Wildman–Crippen MR) is 95.7 cm³/mol. The molecule has 1 fully saturated rings. The Labute approximate surface area is 144 Å². The highest BCUT2D eigenvalue weighted by Crippen LogP contribution is 2.38. The average Bonchev–Trinajstić information content (AvgIpc) is 3.15. The third-order valence-electron chi connectivity index (χ3n) is 3.90. The summed E-state index contributed by atoms with van der Waals surface area (Å²) in [5.74, 6) is 1.25. The molecule has 1 aliphatic rings. The van der Waals surface area contributed by atoms with Gasteiger partial charge in [0.05, 0.1) is 0 Å². The summed E-state index contributed by atoms with van der Waals surface area (Å²) >= 11 is 9.52. The first-order valence-corrected chi connectivity index (χ1v) is 9.65. The lowest BCUT2D eigenvalue weighted by molar-refractivity contribution is -0.131. The number of carbonyl (C=O) groups is 1. The van der Waals surface area contributed by atoms with Crippen LogP contribution >= 0.6 is 34.7 Å². The molecule has 116 valence electrons. The van der Waals surface area contributed by atoms with Crippen molar-refractivity contribution in [2.45, 2.75) is 25.1 Å². The highest BCUT2D eigenvalue weighted by molar-refractivity contribution is 7.99. The van der Waals surface area contributed by atoms with Gasteiger partial charge in [-0.05, 0) is 48.1 Å². The van der Waals surface area contributed by atoms with E-state index >= 15 is 0 Å². The molecular weight excluding hydrogens is 334 g/mol. The molecule has 1 aliphatic heterocycles. The van der Waals surface area contributed by atoms with E-state index < -0.39 is 0 Å². The zero-order valence-electron chi connectivity index (χ0n) is 12.4. The maximum atomic E-state index is 12.6. The molecule has 0 N–H and O–H groups in total. The Balaban J connectivity index is 1.66. The van der Waals surface area contributed by atoms with Crippen molar-refractivity contribution in [2.24, 2.45) is 0 Å². The third-order valence-corrected chi connectivity index (χ3v) is 6.50. The number of hydrogen-bond donors (Lipinski definition) is 0. The van der Waals surface area contributed by atoms with Gasteiger partial charge in [0, 0.05) is 28.6 Å².